The molecule has 136 valence electrons. The molecule has 0 fully saturated rings. The molecular formula is C20H17N3O3S. The van der Waals surface area contributed by atoms with Crippen LogP contribution in [-0.2, 0) is 11.3 Å². The van der Waals surface area contributed by atoms with Gasteiger partial charge < -0.3 is 9.73 Å². The molecule has 0 aliphatic carbocycles. The minimum absolute atomic E-state index is 0.192. The zero-order valence-corrected chi connectivity index (χ0v) is 15.4. The lowest BCUT2D eigenvalue weighted by Crippen LogP contribution is -2.33. The number of thiophene rings is 1. The fourth-order valence-electron chi connectivity index (χ4n) is 3.03. The lowest BCUT2D eigenvalue weighted by atomic mass is 10.00. The summed E-state index contributed by atoms with van der Waals surface area (Å²) in [5.74, 6) is -0.722. The molecule has 0 bridgehead atoms. The first kappa shape index (κ1) is 17.2. The Kier molecular flexibility index (Phi) is 4.60. The van der Waals surface area contributed by atoms with Crippen molar-refractivity contribution in [3.8, 4) is 10.8 Å². The van der Waals surface area contributed by atoms with Crippen molar-refractivity contribution in [2.75, 3.05) is 0 Å². The van der Waals surface area contributed by atoms with Gasteiger partial charge in [-0.2, -0.15) is 4.68 Å². The molecule has 1 atom stereocenters. The molecule has 0 saturated heterocycles. The highest BCUT2D eigenvalue weighted by atomic mass is 32.1. The second-order valence-electron chi connectivity index (χ2n) is 6.17. The third kappa shape index (κ3) is 3.54. The average Bonchev–Trinajstić information content (AvgIpc) is 3.31. The summed E-state index contributed by atoms with van der Waals surface area (Å²) in [6, 6.07) is 17.5. The number of carbonyl (C=O) groups excluding carboxylic acids is 1. The van der Waals surface area contributed by atoms with Gasteiger partial charge in [-0.25, -0.2) is 4.79 Å². The molecule has 2 aromatic carbocycles. The SMILES string of the molecule is C[C@@H](NC(=O)Cn1nc(-c2cccs2)oc1=O)c1cccc2ccccc12. The Hall–Kier alpha value is -3.19. The number of carbonyl (C=O) groups is 1. The number of nitrogens with one attached hydrogen (secondary N) is 1. The van der Waals surface area contributed by atoms with Crippen LogP contribution in [0.15, 0.2) is 69.2 Å². The van der Waals surface area contributed by atoms with E-state index < -0.39 is 5.76 Å². The van der Waals surface area contributed by atoms with Crippen LogP contribution >= 0.6 is 11.3 Å². The van der Waals surface area contributed by atoms with Crippen molar-refractivity contribution in [1.29, 1.82) is 0 Å². The molecule has 0 aliphatic rings. The van der Waals surface area contributed by atoms with Crippen LogP contribution < -0.4 is 11.1 Å². The van der Waals surface area contributed by atoms with Gasteiger partial charge in [0.15, 0.2) is 0 Å². The third-order valence-corrected chi connectivity index (χ3v) is 5.16. The first-order valence-corrected chi connectivity index (χ1v) is 9.38. The van der Waals surface area contributed by atoms with Crippen molar-refractivity contribution in [3.63, 3.8) is 0 Å². The predicted octanol–water partition coefficient (Wildman–Crippen LogP) is 3.60. The quantitative estimate of drug-likeness (QED) is 0.575. The molecule has 7 heteroatoms. The standard InChI is InChI=1S/C20H17N3O3S/c1-13(15-9-4-7-14-6-2-3-8-16(14)15)21-18(24)12-23-20(25)26-19(22-23)17-10-5-11-27-17/h2-11,13H,12H2,1H3,(H,21,24)/t13-/m1/s1. The number of nitrogens with zero attached hydrogens (tertiary/aromatic N) is 2. The number of aromatic nitrogens is 2. The summed E-state index contributed by atoms with van der Waals surface area (Å²) in [4.78, 5) is 25.1. The first-order valence-electron chi connectivity index (χ1n) is 8.50. The largest absolute Gasteiger partial charge is 0.437 e. The van der Waals surface area contributed by atoms with Gasteiger partial charge in [-0.15, -0.1) is 16.4 Å². The van der Waals surface area contributed by atoms with Gasteiger partial charge in [0, 0.05) is 0 Å². The van der Waals surface area contributed by atoms with Crippen molar-refractivity contribution >= 4 is 28.0 Å². The molecule has 0 saturated carbocycles. The molecule has 0 radical (unpaired) electrons. The lowest BCUT2D eigenvalue weighted by molar-refractivity contribution is -0.122. The number of hydrogen-bond donors (Lipinski definition) is 1. The van der Waals surface area contributed by atoms with Gasteiger partial charge in [-0.1, -0.05) is 48.5 Å². The monoisotopic (exact) mass is 379 g/mol. The molecule has 1 N–H and O–H groups in total. The maximum absolute atomic E-state index is 12.4. The Labute approximate surface area is 159 Å². The Balaban J connectivity index is 1.50. The smallest absolute Gasteiger partial charge is 0.387 e. The van der Waals surface area contributed by atoms with Crippen LogP contribution in [0.4, 0.5) is 0 Å². The van der Waals surface area contributed by atoms with Crippen LogP contribution in [0.3, 0.4) is 0 Å². The van der Waals surface area contributed by atoms with E-state index in [-0.39, 0.29) is 24.4 Å². The average molecular weight is 379 g/mol. The van der Waals surface area contributed by atoms with Crippen LogP contribution in [0.2, 0.25) is 0 Å². The lowest BCUT2D eigenvalue weighted by Gasteiger charge is -2.16. The summed E-state index contributed by atoms with van der Waals surface area (Å²) < 4.78 is 6.18. The Morgan fingerprint density at radius 1 is 1.19 bits per heavy atom. The molecule has 6 nitrogen and oxygen atoms in total. The molecule has 2 aromatic heterocycles. The minimum atomic E-state index is -0.647. The van der Waals surface area contributed by atoms with Gasteiger partial charge in [0.2, 0.25) is 5.91 Å². The summed E-state index contributed by atoms with van der Waals surface area (Å²) in [5.41, 5.74) is 1.02. The predicted molar refractivity (Wildman–Crippen MR) is 105 cm³/mol. The highest BCUT2D eigenvalue weighted by molar-refractivity contribution is 7.13. The van der Waals surface area contributed by atoms with Gasteiger partial charge >= 0.3 is 5.76 Å². The molecule has 4 rings (SSSR count). The van der Waals surface area contributed by atoms with Crippen molar-refractivity contribution in [2.24, 2.45) is 0 Å². The maximum atomic E-state index is 12.4. The number of rotatable bonds is 5. The summed E-state index contributed by atoms with van der Waals surface area (Å²) in [6.45, 7) is 1.73. The molecule has 2 heterocycles. The van der Waals surface area contributed by atoms with Gasteiger partial charge in [0.1, 0.15) is 6.54 Å². The van der Waals surface area contributed by atoms with Gasteiger partial charge in [-0.05, 0) is 34.7 Å². The Morgan fingerprint density at radius 3 is 2.81 bits per heavy atom. The minimum Gasteiger partial charge on any atom is -0.387 e. The van der Waals surface area contributed by atoms with Crippen LogP contribution in [0, 0.1) is 0 Å². The van der Waals surface area contributed by atoms with Crippen LogP contribution in [0.1, 0.15) is 18.5 Å². The third-order valence-electron chi connectivity index (χ3n) is 4.30. The van der Waals surface area contributed by atoms with E-state index in [9.17, 15) is 9.59 Å². The van der Waals surface area contributed by atoms with Gasteiger partial charge in [0.05, 0.1) is 10.9 Å². The molecule has 27 heavy (non-hydrogen) atoms. The van der Waals surface area contributed by atoms with Crippen molar-refractivity contribution in [1.82, 2.24) is 15.1 Å². The molecular weight excluding hydrogens is 362 g/mol. The van der Waals surface area contributed by atoms with Gasteiger partial charge in [-0.3, -0.25) is 4.79 Å². The van der Waals surface area contributed by atoms with E-state index in [1.165, 1.54) is 11.3 Å². The van der Waals surface area contributed by atoms with E-state index in [0.29, 0.717) is 0 Å². The highest BCUT2D eigenvalue weighted by Crippen LogP contribution is 2.24. The second-order valence-corrected chi connectivity index (χ2v) is 7.11. The highest BCUT2D eigenvalue weighted by Gasteiger charge is 2.16. The molecule has 1 amide bonds. The Morgan fingerprint density at radius 2 is 2.00 bits per heavy atom. The molecule has 0 unspecified atom stereocenters. The van der Waals surface area contributed by atoms with Crippen molar-refractivity contribution in [2.45, 2.75) is 19.5 Å². The topological polar surface area (TPSA) is 77.1 Å². The van der Waals surface area contributed by atoms with E-state index in [0.717, 1.165) is 25.9 Å². The zero-order chi connectivity index (χ0) is 18.8. The number of fused-ring (bicyclic) bond motifs is 1. The van der Waals surface area contributed by atoms with E-state index >= 15 is 0 Å². The molecule has 0 spiro atoms. The van der Waals surface area contributed by atoms with Crippen molar-refractivity contribution in [3.05, 3.63) is 76.1 Å². The van der Waals surface area contributed by atoms with Crippen LogP contribution in [0.5, 0.6) is 0 Å². The van der Waals surface area contributed by atoms with Gasteiger partial charge in [0.25, 0.3) is 5.89 Å². The van der Waals surface area contributed by atoms with E-state index in [2.05, 4.69) is 10.4 Å². The number of benzene rings is 2. The second kappa shape index (κ2) is 7.20. The summed E-state index contributed by atoms with van der Waals surface area (Å²) in [7, 11) is 0. The van der Waals surface area contributed by atoms with Crippen molar-refractivity contribution < 1.29 is 9.21 Å². The molecule has 4 aromatic rings. The first-order chi connectivity index (χ1) is 13.1. The van der Waals surface area contributed by atoms with E-state index in [1.807, 2.05) is 66.9 Å². The normalized spacial score (nSPS) is 12.2. The fourth-order valence-corrected chi connectivity index (χ4v) is 3.68. The summed E-state index contributed by atoms with van der Waals surface area (Å²) >= 11 is 1.42. The fraction of sp³-hybridized carbons (Fsp3) is 0.150. The van der Waals surface area contributed by atoms with E-state index in [4.69, 9.17) is 4.42 Å². The van der Waals surface area contributed by atoms with Crippen LogP contribution in [-0.4, -0.2) is 15.7 Å². The summed E-state index contributed by atoms with van der Waals surface area (Å²) in [5, 5.41) is 11.1. The maximum Gasteiger partial charge on any atom is 0.437 e. The van der Waals surface area contributed by atoms with E-state index in [1.54, 1.807) is 0 Å². The molecule has 0 aliphatic heterocycles. The summed E-state index contributed by atoms with van der Waals surface area (Å²) in [6.07, 6.45) is 0. The zero-order valence-electron chi connectivity index (χ0n) is 14.6. The Bertz CT molecular complexity index is 1140. The van der Waals surface area contributed by atoms with Crippen LogP contribution in [0.25, 0.3) is 21.5 Å². The number of hydrogen-bond acceptors (Lipinski definition) is 5. The number of amides is 1.